The third-order valence-corrected chi connectivity index (χ3v) is 4.82. The minimum absolute atomic E-state index is 0.217. The van der Waals surface area contributed by atoms with E-state index < -0.39 is 11.9 Å². The van der Waals surface area contributed by atoms with Crippen LogP contribution in [0.4, 0.5) is 4.79 Å². The zero-order valence-corrected chi connectivity index (χ0v) is 12.8. The first-order valence-electron chi connectivity index (χ1n) is 7.23. The van der Waals surface area contributed by atoms with Crippen LogP contribution in [-0.4, -0.2) is 40.1 Å². The molecule has 1 fully saturated rings. The standard InChI is InChI=1S/C15H17N3O3S/c19-14(20)10-4-3-7-18(9-10)15(21)16-8-13-17-11-5-1-2-6-12(11)22-13/h1-2,5-6,10H,3-4,7-9H2,(H,16,21)(H,19,20). The van der Waals surface area contributed by atoms with E-state index in [2.05, 4.69) is 10.3 Å². The SMILES string of the molecule is O=C(O)C1CCCN(C(=O)NCc2nc3ccccc3s2)C1. The van der Waals surface area contributed by atoms with E-state index in [0.717, 1.165) is 21.6 Å². The summed E-state index contributed by atoms with van der Waals surface area (Å²) in [5.74, 6) is -1.29. The van der Waals surface area contributed by atoms with Crippen LogP contribution >= 0.6 is 11.3 Å². The fourth-order valence-corrected chi connectivity index (χ4v) is 3.53. The molecule has 1 aromatic carbocycles. The number of benzene rings is 1. The third-order valence-electron chi connectivity index (χ3n) is 3.79. The molecule has 0 saturated carbocycles. The number of nitrogens with one attached hydrogen (secondary N) is 1. The lowest BCUT2D eigenvalue weighted by molar-refractivity contribution is -0.143. The Hall–Kier alpha value is -2.15. The van der Waals surface area contributed by atoms with Gasteiger partial charge in [0.15, 0.2) is 0 Å². The number of likely N-dealkylation sites (tertiary alicyclic amines) is 1. The van der Waals surface area contributed by atoms with E-state index in [1.807, 2.05) is 24.3 Å². The molecule has 1 aromatic heterocycles. The second-order valence-electron chi connectivity index (χ2n) is 5.36. The topological polar surface area (TPSA) is 82.5 Å². The van der Waals surface area contributed by atoms with Crippen LogP contribution in [0.3, 0.4) is 0 Å². The van der Waals surface area contributed by atoms with E-state index in [-0.39, 0.29) is 12.6 Å². The maximum atomic E-state index is 12.2. The number of hydrogen-bond acceptors (Lipinski definition) is 4. The molecule has 2 aromatic rings. The highest BCUT2D eigenvalue weighted by Gasteiger charge is 2.28. The summed E-state index contributed by atoms with van der Waals surface area (Å²) in [6.45, 7) is 1.25. The number of rotatable bonds is 3. The first kappa shape index (κ1) is 14.8. The highest BCUT2D eigenvalue weighted by molar-refractivity contribution is 7.18. The number of para-hydroxylation sites is 1. The number of aromatic nitrogens is 1. The lowest BCUT2D eigenvalue weighted by Crippen LogP contribution is -2.46. The van der Waals surface area contributed by atoms with Gasteiger partial charge in [-0.25, -0.2) is 9.78 Å². The van der Waals surface area contributed by atoms with Crippen LogP contribution < -0.4 is 5.32 Å². The number of nitrogens with zero attached hydrogens (tertiary/aromatic N) is 2. The summed E-state index contributed by atoms with van der Waals surface area (Å²) >= 11 is 1.55. The number of amides is 2. The Morgan fingerprint density at radius 1 is 1.41 bits per heavy atom. The molecule has 3 rings (SSSR count). The van der Waals surface area contributed by atoms with Gasteiger partial charge in [0.05, 0.1) is 22.7 Å². The first-order valence-corrected chi connectivity index (χ1v) is 8.05. The first-order chi connectivity index (χ1) is 10.6. The van der Waals surface area contributed by atoms with Gasteiger partial charge < -0.3 is 15.3 Å². The minimum atomic E-state index is -0.830. The predicted octanol–water partition coefficient (Wildman–Crippen LogP) is 2.30. The Balaban J connectivity index is 1.58. The molecule has 0 radical (unpaired) electrons. The number of carbonyl (C=O) groups is 2. The number of aliphatic carboxylic acids is 1. The van der Waals surface area contributed by atoms with Gasteiger partial charge in [0, 0.05) is 13.1 Å². The normalized spacial score (nSPS) is 18.4. The number of carboxylic acids is 1. The lowest BCUT2D eigenvalue weighted by Gasteiger charge is -2.30. The Labute approximate surface area is 131 Å². The van der Waals surface area contributed by atoms with Gasteiger partial charge in [-0.3, -0.25) is 4.79 Å². The predicted molar refractivity (Wildman–Crippen MR) is 83.8 cm³/mol. The van der Waals surface area contributed by atoms with Crippen molar-refractivity contribution in [3.05, 3.63) is 29.3 Å². The molecule has 7 heteroatoms. The van der Waals surface area contributed by atoms with Crippen LogP contribution in [-0.2, 0) is 11.3 Å². The van der Waals surface area contributed by atoms with Crippen molar-refractivity contribution in [2.75, 3.05) is 13.1 Å². The molecule has 0 bridgehead atoms. The second-order valence-corrected chi connectivity index (χ2v) is 6.47. The van der Waals surface area contributed by atoms with E-state index in [9.17, 15) is 9.59 Å². The van der Waals surface area contributed by atoms with Crippen LogP contribution in [0.25, 0.3) is 10.2 Å². The second kappa shape index (κ2) is 6.31. The lowest BCUT2D eigenvalue weighted by atomic mass is 9.99. The Bertz CT molecular complexity index is 667. The number of thiazole rings is 1. The molecule has 2 heterocycles. The number of carboxylic acid groups (broad SMARTS) is 1. The van der Waals surface area contributed by atoms with Gasteiger partial charge in [0.2, 0.25) is 0 Å². The summed E-state index contributed by atoms with van der Waals surface area (Å²) in [4.78, 5) is 29.2. The van der Waals surface area contributed by atoms with Crippen LogP contribution in [0, 0.1) is 5.92 Å². The zero-order valence-electron chi connectivity index (χ0n) is 12.0. The number of piperidine rings is 1. The minimum Gasteiger partial charge on any atom is -0.481 e. The van der Waals surface area contributed by atoms with Crippen molar-refractivity contribution in [1.82, 2.24) is 15.2 Å². The molecule has 1 atom stereocenters. The molecule has 1 saturated heterocycles. The molecule has 0 spiro atoms. The van der Waals surface area contributed by atoms with Gasteiger partial charge in [-0.1, -0.05) is 12.1 Å². The molecule has 0 aliphatic carbocycles. The van der Waals surface area contributed by atoms with Crippen molar-refractivity contribution in [2.24, 2.45) is 5.92 Å². The fourth-order valence-electron chi connectivity index (χ4n) is 2.62. The van der Waals surface area contributed by atoms with E-state index in [4.69, 9.17) is 5.11 Å². The van der Waals surface area contributed by atoms with E-state index >= 15 is 0 Å². The third kappa shape index (κ3) is 3.19. The number of carbonyl (C=O) groups excluding carboxylic acids is 1. The number of fused-ring (bicyclic) bond motifs is 1. The van der Waals surface area contributed by atoms with Gasteiger partial charge in [-0.15, -0.1) is 11.3 Å². The van der Waals surface area contributed by atoms with Crippen LogP contribution in [0.5, 0.6) is 0 Å². The molecule has 6 nitrogen and oxygen atoms in total. The summed E-state index contributed by atoms with van der Waals surface area (Å²) in [6, 6.07) is 7.62. The number of urea groups is 1. The molecule has 1 aliphatic rings. The van der Waals surface area contributed by atoms with Gasteiger partial charge >= 0.3 is 12.0 Å². The van der Waals surface area contributed by atoms with Crippen molar-refractivity contribution in [3.8, 4) is 0 Å². The maximum Gasteiger partial charge on any atom is 0.317 e. The molecule has 2 amide bonds. The summed E-state index contributed by atoms with van der Waals surface area (Å²) < 4.78 is 1.09. The van der Waals surface area contributed by atoms with Crippen molar-refractivity contribution in [3.63, 3.8) is 0 Å². The highest BCUT2D eigenvalue weighted by atomic mass is 32.1. The molecular weight excluding hydrogens is 302 g/mol. The summed E-state index contributed by atoms with van der Waals surface area (Å²) in [5, 5.41) is 12.7. The van der Waals surface area contributed by atoms with Gasteiger partial charge in [0.1, 0.15) is 5.01 Å². The van der Waals surface area contributed by atoms with Crippen LogP contribution in [0.2, 0.25) is 0 Å². The molecular formula is C15H17N3O3S. The molecule has 1 unspecified atom stereocenters. The van der Waals surface area contributed by atoms with Crippen LogP contribution in [0.1, 0.15) is 17.8 Å². The smallest absolute Gasteiger partial charge is 0.317 e. The van der Waals surface area contributed by atoms with Crippen molar-refractivity contribution < 1.29 is 14.7 Å². The van der Waals surface area contributed by atoms with Gasteiger partial charge in [0.25, 0.3) is 0 Å². The molecule has 2 N–H and O–H groups in total. The maximum absolute atomic E-state index is 12.2. The Morgan fingerprint density at radius 3 is 3.00 bits per heavy atom. The average Bonchev–Trinajstić information content (AvgIpc) is 2.95. The summed E-state index contributed by atoms with van der Waals surface area (Å²) in [5.41, 5.74) is 0.931. The van der Waals surface area contributed by atoms with Crippen molar-refractivity contribution >= 4 is 33.6 Å². The quantitative estimate of drug-likeness (QED) is 0.909. The largest absolute Gasteiger partial charge is 0.481 e. The summed E-state index contributed by atoms with van der Waals surface area (Å²) in [7, 11) is 0. The van der Waals surface area contributed by atoms with Crippen molar-refractivity contribution in [2.45, 2.75) is 19.4 Å². The molecule has 22 heavy (non-hydrogen) atoms. The molecule has 1 aliphatic heterocycles. The Kier molecular flexibility index (Phi) is 4.24. The number of hydrogen-bond donors (Lipinski definition) is 2. The van der Waals surface area contributed by atoms with Crippen molar-refractivity contribution in [1.29, 1.82) is 0 Å². The Morgan fingerprint density at radius 2 is 2.23 bits per heavy atom. The van der Waals surface area contributed by atoms with Crippen LogP contribution in [0.15, 0.2) is 24.3 Å². The monoisotopic (exact) mass is 319 g/mol. The van der Waals surface area contributed by atoms with E-state index in [0.29, 0.717) is 19.5 Å². The molecule has 116 valence electrons. The highest BCUT2D eigenvalue weighted by Crippen LogP contribution is 2.21. The fraction of sp³-hybridized carbons (Fsp3) is 0.400. The van der Waals surface area contributed by atoms with Gasteiger partial charge in [-0.05, 0) is 25.0 Å². The zero-order chi connectivity index (χ0) is 15.5. The summed E-state index contributed by atoms with van der Waals surface area (Å²) in [6.07, 6.45) is 1.36. The average molecular weight is 319 g/mol. The van der Waals surface area contributed by atoms with E-state index in [1.165, 1.54) is 0 Å². The van der Waals surface area contributed by atoms with Gasteiger partial charge in [-0.2, -0.15) is 0 Å². The van der Waals surface area contributed by atoms with E-state index in [1.54, 1.807) is 16.2 Å².